The molecule has 16 heavy (non-hydrogen) atoms. The Bertz CT molecular complexity index is 553. The molecule has 2 aromatic heterocycles. The monoisotopic (exact) mass is 276 g/mol. The molecule has 0 radical (unpaired) electrons. The molecule has 0 bridgehead atoms. The molecular weight excluding hydrogens is 272 g/mol. The molecule has 0 aliphatic carbocycles. The summed E-state index contributed by atoms with van der Waals surface area (Å²) in [4.78, 5) is 3.93. The van der Waals surface area contributed by atoms with Gasteiger partial charge in [0.25, 0.3) is 5.88 Å². The van der Waals surface area contributed by atoms with Crippen molar-refractivity contribution in [2.24, 2.45) is 0 Å². The molecule has 6 heteroatoms. The number of aromatic nitrogens is 3. The highest BCUT2D eigenvalue weighted by molar-refractivity contribution is 9.10. The molecule has 0 unspecified atom stereocenters. The molecule has 0 saturated carbocycles. The fraction of sp³-hybridized carbons (Fsp3) is 0. The zero-order valence-corrected chi connectivity index (χ0v) is 9.55. The van der Waals surface area contributed by atoms with Crippen LogP contribution >= 0.6 is 15.9 Å². The van der Waals surface area contributed by atoms with Crippen LogP contribution in [0.3, 0.4) is 0 Å². The Balaban J connectivity index is 2.31. The molecule has 2 aromatic rings. The molecule has 0 spiro atoms. The lowest BCUT2D eigenvalue weighted by Gasteiger charge is -2.04. The second-order valence-electron chi connectivity index (χ2n) is 2.80. The summed E-state index contributed by atoms with van der Waals surface area (Å²) in [6.07, 6.45) is 4.60. The zero-order chi connectivity index (χ0) is 11.4. The Hall–Kier alpha value is -2.00. The smallest absolute Gasteiger partial charge is 0.257 e. The van der Waals surface area contributed by atoms with E-state index in [1.165, 1.54) is 18.5 Å². The van der Waals surface area contributed by atoms with E-state index in [1.807, 2.05) is 6.07 Å². The van der Waals surface area contributed by atoms with E-state index in [1.54, 1.807) is 12.3 Å². The molecule has 0 N–H and O–H groups in total. The maximum absolute atomic E-state index is 8.83. The van der Waals surface area contributed by atoms with Crippen molar-refractivity contribution in [3.05, 3.63) is 40.8 Å². The van der Waals surface area contributed by atoms with Crippen molar-refractivity contribution in [1.82, 2.24) is 15.2 Å². The van der Waals surface area contributed by atoms with Crippen LogP contribution in [0.5, 0.6) is 11.6 Å². The van der Waals surface area contributed by atoms with Gasteiger partial charge in [-0.3, -0.25) is 4.98 Å². The third-order valence-corrected chi connectivity index (χ3v) is 2.14. The third-order valence-electron chi connectivity index (χ3n) is 1.70. The fourth-order valence-corrected chi connectivity index (χ4v) is 1.38. The lowest BCUT2D eigenvalue weighted by atomic mass is 10.3. The molecule has 0 fully saturated rings. The Morgan fingerprint density at radius 3 is 3.00 bits per heavy atom. The van der Waals surface area contributed by atoms with Crippen LogP contribution in [0.25, 0.3) is 0 Å². The van der Waals surface area contributed by atoms with Crippen LogP contribution in [0.15, 0.2) is 35.2 Å². The van der Waals surface area contributed by atoms with Crippen LogP contribution in [-0.2, 0) is 0 Å². The summed E-state index contributed by atoms with van der Waals surface area (Å²) in [5.41, 5.74) is 0.329. The standard InChI is InChI=1S/C10H5BrN4O/c11-8-3-9(6-13-5-8)16-10-7(4-12)1-2-14-15-10/h1-3,5-6H. The minimum atomic E-state index is 0.171. The Morgan fingerprint density at radius 1 is 1.38 bits per heavy atom. The van der Waals surface area contributed by atoms with E-state index in [-0.39, 0.29) is 5.88 Å². The molecular formula is C10H5BrN4O. The van der Waals surface area contributed by atoms with Crippen LogP contribution in [0.1, 0.15) is 5.56 Å². The molecule has 0 saturated heterocycles. The number of nitrogens with zero attached hydrogens (tertiary/aromatic N) is 4. The van der Waals surface area contributed by atoms with Crippen molar-refractivity contribution < 1.29 is 4.74 Å². The molecule has 0 amide bonds. The summed E-state index contributed by atoms with van der Waals surface area (Å²) in [5, 5.41) is 16.2. The topological polar surface area (TPSA) is 71.7 Å². The van der Waals surface area contributed by atoms with E-state index in [0.717, 1.165) is 4.47 Å². The van der Waals surface area contributed by atoms with E-state index in [0.29, 0.717) is 11.3 Å². The number of nitriles is 1. The first-order valence-electron chi connectivity index (χ1n) is 4.30. The minimum absolute atomic E-state index is 0.171. The number of halogens is 1. The summed E-state index contributed by atoms with van der Waals surface area (Å²) in [6.45, 7) is 0. The summed E-state index contributed by atoms with van der Waals surface area (Å²) in [6, 6.07) is 5.23. The van der Waals surface area contributed by atoms with E-state index >= 15 is 0 Å². The van der Waals surface area contributed by atoms with E-state index in [9.17, 15) is 0 Å². The van der Waals surface area contributed by atoms with Crippen LogP contribution in [0.2, 0.25) is 0 Å². The molecule has 78 valence electrons. The number of pyridine rings is 1. The average molecular weight is 277 g/mol. The Labute approximate surface area is 99.9 Å². The SMILES string of the molecule is N#Cc1ccnnc1Oc1cncc(Br)c1. The number of rotatable bonds is 2. The van der Waals surface area contributed by atoms with Gasteiger partial charge in [-0.2, -0.15) is 10.4 Å². The van der Waals surface area contributed by atoms with Gasteiger partial charge in [0, 0.05) is 10.7 Å². The largest absolute Gasteiger partial charge is 0.435 e. The number of ether oxygens (including phenoxy) is 1. The van der Waals surface area contributed by atoms with E-state index < -0.39 is 0 Å². The fourth-order valence-electron chi connectivity index (χ4n) is 1.04. The normalized spacial score (nSPS) is 9.50. The summed E-state index contributed by atoms with van der Waals surface area (Å²) >= 11 is 3.27. The first-order valence-corrected chi connectivity index (χ1v) is 5.09. The number of hydrogen-bond acceptors (Lipinski definition) is 5. The Morgan fingerprint density at radius 2 is 2.25 bits per heavy atom. The van der Waals surface area contributed by atoms with Crippen molar-refractivity contribution in [2.45, 2.75) is 0 Å². The van der Waals surface area contributed by atoms with Crippen molar-refractivity contribution in [1.29, 1.82) is 5.26 Å². The van der Waals surface area contributed by atoms with Gasteiger partial charge in [0.2, 0.25) is 0 Å². The highest BCUT2D eigenvalue weighted by Crippen LogP contribution is 2.23. The predicted octanol–water partition coefficient (Wildman–Crippen LogP) is 2.30. The van der Waals surface area contributed by atoms with Crippen molar-refractivity contribution in [2.75, 3.05) is 0 Å². The summed E-state index contributed by atoms with van der Waals surface area (Å²) in [5.74, 6) is 0.663. The summed E-state index contributed by atoms with van der Waals surface area (Å²) < 4.78 is 6.18. The van der Waals surface area contributed by atoms with Crippen LogP contribution < -0.4 is 4.74 Å². The molecule has 2 rings (SSSR count). The van der Waals surface area contributed by atoms with Gasteiger partial charge < -0.3 is 4.74 Å². The lowest BCUT2D eigenvalue weighted by Crippen LogP contribution is -1.93. The quantitative estimate of drug-likeness (QED) is 0.842. The van der Waals surface area contributed by atoms with Gasteiger partial charge in [-0.15, -0.1) is 5.10 Å². The van der Waals surface area contributed by atoms with Gasteiger partial charge in [0.15, 0.2) is 0 Å². The second kappa shape index (κ2) is 4.68. The molecule has 5 nitrogen and oxygen atoms in total. The highest BCUT2D eigenvalue weighted by Gasteiger charge is 2.06. The lowest BCUT2D eigenvalue weighted by molar-refractivity contribution is 0.451. The van der Waals surface area contributed by atoms with Gasteiger partial charge in [0.05, 0.1) is 12.4 Å². The van der Waals surface area contributed by atoms with Crippen molar-refractivity contribution in [3.8, 4) is 17.7 Å². The maximum Gasteiger partial charge on any atom is 0.257 e. The van der Waals surface area contributed by atoms with Crippen LogP contribution in [0.4, 0.5) is 0 Å². The predicted molar refractivity (Wildman–Crippen MR) is 58.8 cm³/mol. The Kier molecular flexibility index (Phi) is 3.08. The van der Waals surface area contributed by atoms with Gasteiger partial charge in [-0.05, 0) is 28.1 Å². The first kappa shape index (κ1) is 10.5. The molecule has 0 aromatic carbocycles. The maximum atomic E-state index is 8.83. The van der Waals surface area contributed by atoms with Crippen molar-refractivity contribution in [3.63, 3.8) is 0 Å². The minimum Gasteiger partial charge on any atom is -0.435 e. The van der Waals surface area contributed by atoms with Crippen LogP contribution in [0, 0.1) is 11.3 Å². The third kappa shape index (κ3) is 2.32. The summed E-state index contributed by atoms with van der Waals surface area (Å²) in [7, 11) is 0. The first-order chi connectivity index (χ1) is 7.79. The number of hydrogen-bond donors (Lipinski definition) is 0. The molecule has 0 atom stereocenters. The van der Waals surface area contributed by atoms with E-state index in [2.05, 4.69) is 31.1 Å². The van der Waals surface area contributed by atoms with Crippen LogP contribution in [-0.4, -0.2) is 15.2 Å². The average Bonchev–Trinajstić information content (AvgIpc) is 2.30. The van der Waals surface area contributed by atoms with Gasteiger partial charge in [-0.25, -0.2) is 0 Å². The van der Waals surface area contributed by atoms with Crippen molar-refractivity contribution >= 4 is 15.9 Å². The molecule has 2 heterocycles. The molecule has 0 aliphatic rings. The zero-order valence-electron chi connectivity index (χ0n) is 7.96. The van der Waals surface area contributed by atoms with Gasteiger partial charge in [-0.1, -0.05) is 0 Å². The van der Waals surface area contributed by atoms with Gasteiger partial charge >= 0.3 is 0 Å². The highest BCUT2D eigenvalue weighted by atomic mass is 79.9. The second-order valence-corrected chi connectivity index (χ2v) is 3.72. The molecule has 0 aliphatic heterocycles. The van der Waals surface area contributed by atoms with Gasteiger partial charge in [0.1, 0.15) is 17.4 Å². The van der Waals surface area contributed by atoms with E-state index in [4.69, 9.17) is 10.00 Å².